The molecule has 0 amide bonds. The zero-order valence-corrected chi connectivity index (χ0v) is 8.79. The van der Waals surface area contributed by atoms with Crippen LogP contribution in [0.5, 0.6) is 0 Å². The number of rotatable bonds is 1. The zero-order chi connectivity index (χ0) is 9.42. The molecule has 1 fully saturated rings. The second-order valence-corrected chi connectivity index (χ2v) is 4.87. The summed E-state index contributed by atoms with van der Waals surface area (Å²) in [5.74, 6) is 3.27. The Morgan fingerprint density at radius 2 is 2.08 bits per heavy atom. The van der Waals surface area contributed by atoms with Gasteiger partial charge in [-0.3, -0.25) is 0 Å². The molecule has 2 rings (SSSR count). The van der Waals surface area contributed by atoms with Crippen LogP contribution in [0.2, 0.25) is 0 Å². The number of hydrogen-bond acceptors (Lipinski definition) is 0. The summed E-state index contributed by atoms with van der Waals surface area (Å²) in [6.07, 6.45) is 9.14. The van der Waals surface area contributed by atoms with E-state index in [-0.39, 0.29) is 0 Å². The molecular weight excluding hydrogens is 156 g/mol. The molecule has 1 saturated carbocycles. The quantitative estimate of drug-likeness (QED) is 0.533. The Hall–Kier alpha value is -0.520. The smallest absolute Gasteiger partial charge is 0.0114 e. The summed E-state index contributed by atoms with van der Waals surface area (Å²) in [7, 11) is 0. The highest BCUT2D eigenvalue weighted by atomic mass is 14.4. The molecule has 0 heteroatoms. The van der Waals surface area contributed by atoms with Crippen molar-refractivity contribution in [1.29, 1.82) is 0 Å². The molecule has 0 unspecified atom stereocenters. The standard InChI is InChI=1S/C13H20/c1-9(2)13-10(3)7-8-11-5-4-6-12(11)13/h7-8,10-13H,1,4-6H2,2-3H3/t10-,11+,12-,13-/m1/s1. The molecule has 0 aromatic heterocycles. The van der Waals surface area contributed by atoms with Crippen LogP contribution >= 0.6 is 0 Å². The van der Waals surface area contributed by atoms with Gasteiger partial charge < -0.3 is 0 Å². The summed E-state index contributed by atoms with van der Waals surface area (Å²) in [6.45, 7) is 8.70. The average molecular weight is 176 g/mol. The van der Waals surface area contributed by atoms with Crippen LogP contribution in [0.3, 0.4) is 0 Å². The van der Waals surface area contributed by atoms with Crippen LogP contribution in [0, 0.1) is 23.7 Å². The molecule has 0 N–H and O–H groups in total. The lowest BCUT2D eigenvalue weighted by atomic mass is 9.70. The van der Waals surface area contributed by atoms with Gasteiger partial charge in [0.2, 0.25) is 0 Å². The first-order valence-corrected chi connectivity index (χ1v) is 5.54. The van der Waals surface area contributed by atoms with Crippen LogP contribution in [-0.4, -0.2) is 0 Å². The predicted molar refractivity (Wildman–Crippen MR) is 57.4 cm³/mol. The van der Waals surface area contributed by atoms with E-state index in [0.717, 1.165) is 23.7 Å². The Kier molecular flexibility index (Phi) is 2.31. The van der Waals surface area contributed by atoms with Crippen molar-refractivity contribution in [1.82, 2.24) is 0 Å². The third-order valence-corrected chi connectivity index (χ3v) is 3.88. The Morgan fingerprint density at radius 3 is 2.77 bits per heavy atom. The van der Waals surface area contributed by atoms with E-state index in [0.29, 0.717) is 0 Å². The molecule has 2 aliphatic rings. The minimum Gasteiger partial charge on any atom is -0.0998 e. The van der Waals surface area contributed by atoms with Gasteiger partial charge in [0, 0.05) is 0 Å². The maximum atomic E-state index is 4.16. The van der Waals surface area contributed by atoms with Crippen molar-refractivity contribution in [2.45, 2.75) is 33.1 Å². The summed E-state index contributed by atoms with van der Waals surface area (Å²) in [4.78, 5) is 0. The minimum absolute atomic E-state index is 0.719. The molecule has 72 valence electrons. The molecule has 0 radical (unpaired) electrons. The third-order valence-electron chi connectivity index (χ3n) is 3.88. The maximum Gasteiger partial charge on any atom is -0.0114 e. The lowest BCUT2D eigenvalue weighted by Crippen LogP contribution is -2.27. The van der Waals surface area contributed by atoms with Crippen LogP contribution < -0.4 is 0 Å². The highest BCUT2D eigenvalue weighted by Crippen LogP contribution is 2.46. The summed E-state index contributed by atoms with van der Waals surface area (Å²) < 4.78 is 0. The molecule has 0 aromatic carbocycles. The Bertz CT molecular complexity index is 236. The van der Waals surface area contributed by atoms with Gasteiger partial charge in [0.05, 0.1) is 0 Å². The fraction of sp³-hybridized carbons (Fsp3) is 0.692. The van der Waals surface area contributed by atoms with Crippen molar-refractivity contribution in [3.8, 4) is 0 Å². The number of fused-ring (bicyclic) bond motifs is 1. The van der Waals surface area contributed by atoms with E-state index < -0.39 is 0 Å². The fourth-order valence-electron chi connectivity index (χ4n) is 3.34. The van der Waals surface area contributed by atoms with Crippen molar-refractivity contribution >= 4 is 0 Å². The molecule has 0 spiro atoms. The second kappa shape index (κ2) is 3.32. The summed E-state index contributed by atoms with van der Waals surface area (Å²) in [6, 6.07) is 0. The molecule has 4 atom stereocenters. The van der Waals surface area contributed by atoms with Gasteiger partial charge in [-0.2, -0.15) is 0 Å². The first-order valence-electron chi connectivity index (χ1n) is 5.54. The second-order valence-electron chi connectivity index (χ2n) is 4.87. The topological polar surface area (TPSA) is 0 Å². The molecule has 0 aliphatic heterocycles. The van der Waals surface area contributed by atoms with Crippen LogP contribution in [0.4, 0.5) is 0 Å². The first kappa shape index (κ1) is 9.05. The van der Waals surface area contributed by atoms with Crippen molar-refractivity contribution in [2.24, 2.45) is 23.7 Å². The molecular formula is C13H20. The van der Waals surface area contributed by atoms with Crippen LogP contribution in [0.15, 0.2) is 24.3 Å². The number of allylic oxidation sites excluding steroid dienone is 3. The molecule has 2 aliphatic carbocycles. The Labute approximate surface area is 81.7 Å². The van der Waals surface area contributed by atoms with Gasteiger partial charge in [-0.15, -0.1) is 0 Å². The molecule has 13 heavy (non-hydrogen) atoms. The van der Waals surface area contributed by atoms with E-state index in [2.05, 4.69) is 32.6 Å². The van der Waals surface area contributed by atoms with E-state index in [9.17, 15) is 0 Å². The van der Waals surface area contributed by atoms with Crippen molar-refractivity contribution < 1.29 is 0 Å². The average Bonchev–Trinajstić information content (AvgIpc) is 2.50. The fourth-order valence-corrected chi connectivity index (χ4v) is 3.34. The molecule has 0 heterocycles. The Balaban J connectivity index is 2.24. The van der Waals surface area contributed by atoms with Gasteiger partial charge in [0.1, 0.15) is 0 Å². The van der Waals surface area contributed by atoms with E-state index in [1.165, 1.54) is 24.8 Å². The van der Waals surface area contributed by atoms with Gasteiger partial charge in [0.15, 0.2) is 0 Å². The summed E-state index contributed by atoms with van der Waals surface area (Å²) >= 11 is 0. The third kappa shape index (κ3) is 1.47. The first-order chi connectivity index (χ1) is 6.20. The molecule has 0 bridgehead atoms. The zero-order valence-electron chi connectivity index (χ0n) is 8.79. The lowest BCUT2D eigenvalue weighted by Gasteiger charge is -2.35. The highest BCUT2D eigenvalue weighted by Gasteiger charge is 2.37. The van der Waals surface area contributed by atoms with Crippen LogP contribution in [0.1, 0.15) is 33.1 Å². The summed E-state index contributed by atoms with van der Waals surface area (Å²) in [5.41, 5.74) is 1.40. The maximum absolute atomic E-state index is 4.16. The highest BCUT2D eigenvalue weighted by molar-refractivity contribution is 5.14. The summed E-state index contributed by atoms with van der Waals surface area (Å²) in [5, 5.41) is 0. The van der Waals surface area contributed by atoms with Gasteiger partial charge in [-0.1, -0.05) is 37.6 Å². The number of hydrogen-bond donors (Lipinski definition) is 0. The molecule has 0 saturated heterocycles. The normalized spacial score (nSPS) is 43.2. The SMILES string of the molecule is C=C(C)[C@H]1[C@@H]2CCC[C@H]2C=C[C@H]1C. The van der Waals surface area contributed by atoms with Gasteiger partial charge in [-0.25, -0.2) is 0 Å². The van der Waals surface area contributed by atoms with Gasteiger partial charge in [-0.05, 0) is 43.4 Å². The van der Waals surface area contributed by atoms with Crippen molar-refractivity contribution in [3.05, 3.63) is 24.3 Å². The largest absolute Gasteiger partial charge is 0.0998 e. The van der Waals surface area contributed by atoms with Crippen molar-refractivity contribution in [2.75, 3.05) is 0 Å². The van der Waals surface area contributed by atoms with E-state index in [1.807, 2.05) is 0 Å². The van der Waals surface area contributed by atoms with Crippen LogP contribution in [-0.2, 0) is 0 Å². The van der Waals surface area contributed by atoms with E-state index >= 15 is 0 Å². The molecule has 0 aromatic rings. The minimum atomic E-state index is 0.719. The Morgan fingerprint density at radius 1 is 1.31 bits per heavy atom. The monoisotopic (exact) mass is 176 g/mol. The van der Waals surface area contributed by atoms with Crippen molar-refractivity contribution in [3.63, 3.8) is 0 Å². The lowest BCUT2D eigenvalue weighted by molar-refractivity contribution is 0.265. The van der Waals surface area contributed by atoms with E-state index in [4.69, 9.17) is 0 Å². The van der Waals surface area contributed by atoms with Gasteiger partial charge >= 0.3 is 0 Å². The van der Waals surface area contributed by atoms with Gasteiger partial charge in [0.25, 0.3) is 0 Å². The van der Waals surface area contributed by atoms with Crippen LogP contribution in [0.25, 0.3) is 0 Å². The van der Waals surface area contributed by atoms with E-state index in [1.54, 1.807) is 0 Å². The molecule has 0 nitrogen and oxygen atoms in total. The predicted octanol–water partition coefficient (Wildman–Crippen LogP) is 3.80.